The van der Waals surface area contributed by atoms with Crippen LogP contribution in [-0.4, -0.2) is 49.0 Å². The maximum absolute atomic E-state index is 12.4. The zero-order chi connectivity index (χ0) is 17.6. The minimum Gasteiger partial charge on any atom is -0.367 e. The van der Waals surface area contributed by atoms with Gasteiger partial charge in [-0.05, 0) is 43.3 Å². The van der Waals surface area contributed by atoms with Crippen LogP contribution in [0.2, 0.25) is 5.02 Å². The molecule has 1 aromatic carbocycles. The molecule has 6 heteroatoms. The average Bonchev–Trinajstić information content (AvgIpc) is 2.62. The topological polar surface area (TPSA) is 48.5 Å². The SMILES string of the molecule is CN1CCN(c2ccc(Cl)cc2NC(=O)CCc2cccnc2)CC1. The summed E-state index contributed by atoms with van der Waals surface area (Å²) < 4.78 is 0. The summed E-state index contributed by atoms with van der Waals surface area (Å²) in [5, 5.41) is 3.66. The first kappa shape index (κ1) is 17.7. The number of hydrogen-bond acceptors (Lipinski definition) is 4. The summed E-state index contributed by atoms with van der Waals surface area (Å²) in [4.78, 5) is 21.1. The van der Waals surface area contributed by atoms with Gasteiger partial charge in [-0.3, -0.25) is 9.78 Å². The van der Waals surface area contributed by atoms with Crippen molar-refractivity contribution in [2.24, 2.45) is 0 Å². The molecule has 25 heavy (non-hydrogen) atoms. The number of likely N-dealkylation sites (N-methyl/N-ethyl adjacent to an activating group) is 1. The zero-order valence-electron chi connectivity index (χ0n) is 14.4. The van der Waals surface area contributed by atoms with E-state index in [0.717, 1.165) is 43.1 Å². The number of nitrogens with zero attached hydrogens (tertiary/aromatic N) is 3. The van der Waals surface area contributed by atoms with E-state index < -0.39 is 0 Å². The van der Waals surface area contributed by atoms with Crippen LogP contribution in [0.4, 0.5) is 11.4 Å². The number of halogens is 1. The Morgan fingerprint density at radius 3 is 2.76 bits per heavy atom. The molecule has 0 aliphatic carbocycles. The van der Waals surface area contributed by atoms with E-state index >= 15 is 0 Å². The molecule has 1 saturated heterocycles. The molecular weight excluding hydrogens is 336 g/mol. The van der Waals surface area contributed by atoms with Crippen LogP contribution in [0.15, 0.2) is 42.7 Å². The molecule has 1 aliphatic heterocycles. The largest absolute Gasteiger partial charge is 0.367 e. The van der Waals surface area contributed by atoms with Crippen LogP contribution in [-0.2, 0) is 11.2 Å². The van der Waals surface area contributed by atoms with Crippen LogP contribution >= 0.6 is 11.6 Å². The minimum atomic E-state index is -0.0125. The Balaban J connectivity index is 1.66. The number of anilines is 2. The molecule has 1 aromatic heterocycles. The summed E-state index contributed by atoms with van der Waals surface area (Å²) in [6.45, 7) is 3.90. The van der Waals surface area contributed by atoms with Gasteiger partial charge in [0.2, 0.25) is 5.91 Å². The molecule has 2 heterocycles. The molecule has 3 rings (SSSR count). The van der Waals surface area contributed by atoms with Crippen LogP contribution in [0.1, 0.15) is 12.0 Å². The third kappa shape index (κ3) is 4.94. The van der Waals surface area contributed by atoms with E-state index in [-0.39, 0.29) is 5.91 Å². The highest BCUT2D eigenvalue weighted by molar-refractivity contribution is 6.31. The summed E-state index contributed by atoms with van der Waals surface area (Å²) in [6, 6.07) is 9.56. The standard InChI is InChI=1S/C19H23ClN4O/c1-23-9-11-24(12-10-23)18-6-5-16(20)13-17(18)22-19(25)7-4-15-3-2-8-21-14-15/h2-3,5-6,8,13-14H,4,7,9-12H2,1H3,(H,22,25). The highest BCUT2D eigenvalue weighted by atomic mass is 35.5. The molecule has 1 N–H and O–H groups in total. The van der Waals surface area contributed by atoms with Crippen molar-refractivity contribution in [3.05, 3.63) is 53.3 Å². The maximum atomic E-state index is 12.4. The predicted molar refractivity (Wildman–Crippen MR) is 102 cm³/mol. The van der Waals surface area contributed by atoms with Crippen molar-refractivity contribution in [1.82, 2.24) is 9.88 Å². The average molecular weight is 359 g/mol. The smallest absolute Gasteiger partial charge is 0.224 e. The predicted octanol–water partition coefficient (Wildman–Crippen LogP) is 3.06. The van der Waals surface area contributed by atoms with Gasteiger partial charge in [0.15, 0.2) is 0 Å². The second-order valence-electron chi connectivity index (χ2n) is 6.36. The van der Waals surface area contributed by atoms with Gasteiger partial charge in [0.25, 0.3) is 0 Å². The first-order valence-electron chi connectivity index (χ1n) is 8.53. The molecule has 0 atom stereocenters. The number of pyridine rings is 1. The number of rotatable bonds is 5. The van der Waals surface area contributed by atoms with E-state index in [1.165, 1.54) is 0 Å². The van der Waals surface area contributed by atoms with Crippen molar-refractivity contribution >= 4 is 28.9 Å². The summed E-state index contributed by atoms with van der Waals surface area (Å²) in [7, 11) is 2.13. The molecule has 1 amide bonds. The van der Waals surface area contributed by atoms with E-state index in [4.69, 9.17) is 11.6 Å². The zero-order valence-corrected chi connectivity index (χ0v) is 15.2. The monoisotopic (exact) mass is 358 g/mol. The van der Waals surface area contributed by atoms with Crippen LogP contribution in [0.5, 0.6) is 0 Å². The van der Waals surface area contributed by atoms with Crippen LogP contribution in [0.3, 0.4) is 0 Å². The number of hydrogen-bond donors (Lipinski definition) is 1. The first-order chi connectivity index (χ1) is 12.1. The second kappa shape index (κ2) is 8.32. The van der Waals surface area contributed by atoms with Crippen molar-refractivity contribution in [2.45, 2.75) is 12.8 Å². The van der Waals surface area contributed by atoms with Gasteiger partial charge in [0.1, 0.15) is 0 Å². The Labute approximate surface area is 153 Å². The molecule has 0 spiro atoms. The summed E-state index contributed by atoms with van der Waals surface area (Å²) in [5.41, 5.74) is 2.88. The highest BCUT2D eigenvalue weighted by Gasteiger charge is 2.18. The van der Waals surface area contributed by atoms with E-state index in [0.29, 0.717) is 17.9 Å². The van der Waals surface area contributed by atoms with Crippen molar-refractivity contribution < 1.29 is 4.79 Å². The maximum Gasteiger partial charge on any atom is 0.224 e. The number of aryl methyl sites for hydroxylation is 1. The molecule has 1 fully saturated rings. The normalized spacial score (nSPS) is 15.2. The molecule has 0 unspecified atom stereocenters. The van der Waals surface area contributed by atoms with E-state index in [9.17, 15) is 4.79 Å². The molecule has 0 saturated carbocycles. The van der Waals surface area contributed by atoms with E-state index in [2.05, 4.69) is 27.1 Å². The summed E-state index contributed by atoms with van der Waals surface area (Å²) in [6.07, 6.45) is 4.62. The molecule has 0 radical (unpaired) electrons. The lowest BCUT2D eigenvalue weighted by Gasteiger charge is -2.35. The Kier molecular flexibility index (Phi) is 5.89. The number of carbonyl (C=O) groups excluding carboxylic acids is 1. The fraction of sp³-hybridized carbons (Fsp3) is 0.368. The quantitative estimate of drug-likeness (QED) is 0.892. The molecule has 2 aromatic rings. The van der Waals surface area contributed by atoms with Crippen molar-refractivity contribution in [3.8, 4) is 0 Å². The fourth-order valence-corrected chi connectivity index (χ4v) is 3.12. The van der Waals surface area contributed by atoms with E-state index in [1.54, 1.807) is 12.4 Å². The van der Waals surface area contributed by atoms with Gasteiger partial charge in [0.05, 0.1) is 11.4 Å². The van der Waals surface area contributed by atoms with Crippen molar-refractivity contribution in [3.63, 3.8) is 0 Å². The number of piperazine rings is 1. The third-order valence-corrected chi connectivity index (χ3v) is 4.68. The van der Waals surface area contributed by atoms with Crippen LogP contribution in [0.25, 0.3) is 0 Å². The Morgan fingerprint density at radius 2 is 2.04 bits per heavy atom. The van der Waals surface area contributed by atoms with Gasteiger partial charge in [-0.25, -0.2) is 0 Å². The Morgan fingerprint density at radius 1 is 1.24 bits per heavy atom. The molecule has 132 valence electrons. The van der Waals surface area contributed by atoms with Gasteiger partial charge < -0.3 is 15.1 Å². The van der Waals surface area contributed by atoms with E-state index in [1.807, 2.05) is 30.3 Å². The number of aromatic nitrogens is 1. The van der Waals surface area contributed by atoms with Crippen LogP contribution < -0.4 is 10.2 Å². The Bertz CT molecular complexity index is 715. The van der Waals surface area contributed by atoms with Crippen molar-refractivity contribution in [2.75, 3.05) is 43.4 Å². The van der Waals surface area contributed by atoms with Crippen molar-refractivity contribution in [1.29, 1.82) is 0 Å². The summed E-state index contributed by atoms with van der Waals surface area (Å²) in [5.74, 6) is -0.0125. The van der Waals surface area contributed by atoms with Gasteiger partial charge >= 0.3 is 0 Å². The van der Waals surface area contributed by atoms with Gasteiger partial charge in [-0.15, -0.1) is 0 Å². The second-order valence-corrected chi connectivity index (χ2v) is 6.80. The Hall–Kier alpha value is -2.11. The number of benzene rings is 1. The molecular formula is C19H23ClN4O. The number of carbonyl (C=O) groups is 1. The summed E-state index contributed by atoms with van der Waals surface area (Å²) >= 11 is 6.15. The lowest BCUT2D eigenvalue weighted by Crippen LogP contribution is -2.44. The first-order valence-corrected chi connectivity index (χ1v) is 8.91. The van der Waals surface area contributed by atoms with Crippen LogP contribution in [0, 0.1) is 0 Å². The van der Waals surface area contributed by atoms with Gasteiger partial charge in [0, 0.05) is 50.0 Å². The van der Waals surface area contributed by atoms with Gasteiger partial charge in [-0.1, -0.05) is 17.7 Å². The number of nitrogens with one attached hydrogen (secondary N) is 1. The van der Waals surface area contributed by atoms with Gasteiger partial charge in [-0.2, -0.15) is 0 Å². The molecule has 1 aliphatic rings. The highest BCUT2D eigenvalue weighted by Crippen LogP contribution is 2.30. The number of amides is 1. The fourth-order valence-electron chi connectivity index (χ4n) is 2.95. The third-order valence-electron chi connectivity index (χ3n) is 4.44. The lowest BCUT2D eigenvalue weighted by atomic mass is 10.1. The minimum absolute atomic E-state index is 0.0125. The molecule has 5 nitrogen and oxygen atoms in total. The lowest BCUT2D eigenvalue weighted by molar-refractivity contribution is -0.116. The molecule has 0 bridgehead atoms.